The molecule has 4 nitrogen and oxygen atoms in total. The average Bonchev–Trinajstić information content (AvgIpc) is 2.79. The quantitative estimate of drug-likeness (QED) is 0.596. The molecule has 2 aromatic rings. The first-order valence-corrected chi connectivity index (χ1v) is 8.15. The number of nitrogens with zero attached hydrogens (tertiary/aromatic N) is 2. The lowest BCUT2D eigenvalue weighted by molar-refractivity contribution is 0.477. The maximum absolute atomic E-state index is 5.73. The van der Waals surface area contributed by atoms with E-state index in [4.69, 9.17) is 5.84 Å². The van der Waals surface area contributed by atoms with Crippen LogP contribution < -0.4 is 11.3 Å². The average molecular weight is 351 g/mol. The van der Waals surface area contributed by atoms with Crippen LogP contribution in [0.25, 0.3) is 0 Å². The van der Waals surface area contributed by atoms with Crippen molar-refractivity contribution < 1.29 is 0 Å². The molecule has 3 N–H and O–H groups in total. The lowest BCUT2D eigenvalue weighted by atomic mass is 10.0. The zero-order valence-corrected chi connectivity index (χ0v) is 14.2. The van der Waals surface area contributed by atoms with E-state index in [1.165, 1.54) is 11.3 Å². The van der Waals surface area contributed by atoms with Gasteiger partial charge in [0.15, 0.2) is 0 Å². The highest BCUT2D eigenvalue weighted by Gasteiger charge is 2.17. The van der Waals surface area contributed by atoms with Gasteiger partial charge in [0.2, 0.25) is 0 Å². The Balaban J connectivity index is 2.01. The van der Waals surface area contributed by atoms with Gasteiger partial charge in [-0.15, -0.1) is 0 Å². The molecule has 0 spiro atoms. The molecule has 0 amide bonds. The van der Waals surface area contributed by atoms with Gasteiger partial charge in [-0.25, -0.2) is 0 Å². The second-order valence-electron chi connectivity index (χ2n) is 5.28. The normalized spacial score (nSPS) is 12.6. The number of nitrogens with two attached hydrogens (primary N) is 1. The number of aromatic nitrogens is 2. The van der Waals surface area contributed by atoms with Crippen molar-refractivity contribution >= 4 is 15.9 Å². The molecular weight excluding hydrogens is 328 g/mol. The van der Waals surface area contributed by atoms with E-state index in [1.807, 2.05) is 17.8 Å². The molecule has 0 bridgehead atoms. The fraction of sp³-hybridized carbons (Fsp3) is 0.438. The van der Waals surface area contributed by atoms with Crippen LogP contribution in [0.4, 0.5) is 0 Å². The van der Waals surface area contributed by atoms with Crippen LogP contribution in [0.1, 0.15) is 30.3 Å². The maximum Gasteiger partial charge on any atom is 0.0766 e. The summed E-state index contributed by atoms with van der Waals surface area (Å²) in [6.45, 7) is 2.12. The minimum absolute atomic E-state index is 0.238. The van der Waals surface area contributed by atoms with Crippen LogP contribution in [0, 0.1) is 0 Å². The highest BCUT2D eigenvalue weighted by molar-refractivity contribution is 9.10. The Morgan fingerprint density at radius 2 is 2.05 bits per heavy atom. The van der Waals surface area contributed by atoms with Crippen LogP contribution in [0.5, 0.6) is 0 Å². The SMILES string of the molecule is CCc1nn(C)c(CC(CCc2ccccc2)NN)c1Br. The van der Waals surface area contributed by atoms with Gasteiger partial charge in [-0.2, -0.15) is 5.10 Å². The summed E-state index contributed by atoms with van der Waals surface area (Å²) < 4.78 is 3.07. The Hall–Kier alpha value is -1.17. The van der Waals surface area contributed by atoms with E-state index in [-0.39, 0.29) is 6.04 Å². The van der Waals surface area contributed by atoms with Gasteiger partial charge >= 0.3 is 0 Å². The van der Waals surface area contributed by atoms with Crippen molar-refractivity contribution in [2.75, 3.05) is 0 Å². The number of halogens is 1. The summed E-state index contributed by atoms with van der Waals surface area (Å²) in [5, 5.41) is 4.54. The molecule has 0 saturated heterocycles. The highest BCUT2D eigenvalue weighted by atomic mass is 79.9. The molecule has 114 valence electrons. The maximum atomic E-state index is 5.73. The first kappa shape index (κ1) is 16.2. The molecule has 1 unspecified atom stereocenters. The standard InChI is InChI=1S/C16H23BrN4/c1-3-14-16(17)15(21(2)20-14)11-13(19-18)10-9-12-7-5-4-6-8-12/h4-8,13,19H,3,9-11,18H2,1-2H3. The van der Waals surface area contributed by atoms with Crippen LogP contribution in [0.2, 0.25) is 0 Å². The smallest absolute Gasteiger partial charge is 0.0766 e. The van der Waals surface area contributed by atoms with E-state index >= 15 is 0 Å². The molecule has 2 rings (SSSR count). The largest absolute Gasteiger partial charge is 0.271 e. The third-order valence-corrected chi connectivity index (χ3v) is 4.72. The third-order valence-electron chi connectivity index (χ3n) is 3.80. The zero-order valence-electron chi connectivity index (χ0n) is 12.6. The number of hydrazine groups is 1. The zero-order chi connectivity index (χ0) is 15.2. The second kappa shape index (κ2) is 7.73. The number of rotatable bonds is 7. The number of nitrogens with one attached hydrogen (secondary N) is 1. The fourth-order valence-corrected chi connectivity index (χ4v) is 3.28. The lowest BCUT2D eigenvalue weighted by Gasteiger charge is -2.16. The molecule has 21 heavy (non-hydrogen) atoms. The summed E-state index contributed by atoms with van der Waals surface area (Å²) in [6.07, 6.45) is 3.82. The predicted molar refractivity (Wildman–Crippen MR) is 89.9 cm³/mol. The molecule has 0 fully saturated rings. The van der Waals surface area contributed by atoms with Crippen molar-refractivity contribution in [1.29, 1.82) is 0 Å². The number of hydrogen-bond donors (Lipinski definition) is 2. The Morgan fingerprint density at radius 1 is 1.33 bits per heavy atom. The molecule has 0 saturated carbocycles. The van der Waals surface area contributed by atoms with Gasteiger partial charge in [0, 0.05) is 19.5 Å². The summed E-state index contributed by atoms with van der Waals surface area (Å²) in [6, 6.07) is 10.7. The molecule has 5 heteroatoms. The van der Waals surface area contributed by atoms with Gasteiger partial charge in [0.05, 0.1) is 15.9 Å². The molecule has 1 aromatic heterocycles. The number of aryl methyl sites for hydroxylation is 3. The summed E-state index contributed by atoms with van der Waals surface area (Å²) in [4.78, 5) is 0. The molecule has 0 aliphatic carbocycles. The summed E-state index contributed by atoms with van der Waals surface area (Å²) >= 11 is 3.66. The van der Waals surface area contributed by atoms with Gasteiger partial charge in [-0.1, -0.05) is 37.3 Å². The van der Waals surface area contributed by atoms with E-state index in [1.54, 1.807) is 0 Å². The Labute approximate surface area is 134 Å². The molecule has 0 aliphatic heterocycles. The van der Waals surface area contributed by atoms with E-state index in [9.17, 15) is 0 Å². The molecular formula is C16H23BrN4. The van der Waals surface area contributed by atoms with E-state index in [0.717, 1.165) is 35.8 Å². The first-order chi connectivity index (χ1) is 10.2. The van der Waals surface area contributed by atoms with Gasteiger partial charge in [-0.05, 0) is 40.8 Å². The minimum Gasteiger partial charge on any atom is -0.271 e. The molecule has 1 atom stereocenters. The van der Waals surface area contributed by atoms with Gasteiger partial charge < -0.3 is 0 Å². The lowest BCUT2D eigenvalue weighted by Crippen LogP contribution is -2.37. The first-order valence-electron chi connectivity index (χ1n) is 7.36. The van der Waals surface area contributed by atoms with Crippen molar-refractivity contribution in [1.82, 2.24) is 15.2 Å². The van der Waals surface area contributed by atoms with Gasteiger partial charge in [0.25, 0.3) is 0 Å². The van der Waals surface area contributed by atoms with Crippen LogP contribution in [0.3, 0.4) is 0 Å². The fourth-order valence-electron chi connectivity index (χ4n) is 2.50. The van der Waals surface area contributed by atoms with E-state index in [0.29, 0.717) is 0 Å². The topological polar surface area (TPSA) is 55.9 Å². The van der Waals surface area contributed by atoms with Crippen LogP contribution >= 0.6 is 15.9 Å². The van der Waals surface area contributed by atoms with Gasteiger partial charge in [-0.3, -0.25) is 16.0 Å². The van der Waals surface area contributed by atoms with Crippen LogP contribution in [-0.2, 0) is 26.3 Å². The van der Waals surface area contributed by atoms with E-state index < -0.39 is 0 Å². The monoisotopic (exact) mass is 350 g/mol. The van der Waals surface area contributed by atoms with Crippen molar-refractivity contribution in [3.8, 4) is 0 Å². The second-order valence-corrected chi connectivity index (χ2v) is 6.07. The van der Waals surface area contributed by atoms with Crippen molar-refractivity contribution in [2.45, 2.75) is 38.6 Å². The summed E-state index contributed by atoms with van der Waals surface area (Å²) in [7, 11) is 1.99. The van der Waals surface area contributed by atoms with Crippen LogP contribution in [-0.4, -0.2) is 15.8 Å². The van der Waals surface area contributed by atoms with Crippen LogP contribution in [0.15, 0.2) is 34.8 Å². The summed E-state index contributed by atoms with van der Waals surface area (Å²) in [5.41, 5.74) is 6.58. The number of benzene rings is 1. The molecule has 1 heterocycles. The van der Waals surface area contributed by atoms with Gasteiger partial charge in [0.1, 0.15) is 0 Å². The molecule has 1 aromatic carbocycles. The number of hydrogen-bond acceptors (Lipinski definition) is 3. The minimum atomic E-state index is 0.238. The van der Waals surface area contributed by atoms with Crippen molar-refractivity contribution in [3.63, 3.8) is 0 Å². The Kier molecular flexibility index (Phi) is 5.96. The molecule has 0 radical (unpaired) electrons. The Morgan fingerprint density at radius 3 is 2.62 bits per heavy atom. The third kappa shape index (κ3) is 4.15. The highest BCUT2D eigenvalue weighted by Crippen LogP contribution is 2.23. The molecule has 0 aliphatic rings. The van der Waals surface area contributed by atoms with Crippen molar-refractivity contribution in [2.24, 2.45) is 12.9 Å². The predicted octanol–water partition coefficient (Wildman–Crippen LogP) is 2.75. The van der Waals surface area contributed by atoms with Crippen molar-refractivity contribution in [3.05, 3.63) is 51.8 Å². The summed E-state index contributed by atoms with van der Waals surface area (Å²) in [5.74, 6) is 5.73. The van der Waals surface area contributed by atoms with E-state index in [2.05, 4.69) is 57.6 Å². The Bertz CT molecular complexity index is 565.